The fraction of sp³-hybridized carbons (Fsp3) is 0.0870. The molecule has 0 heterocycles. The highest BCUT2D eigenvalue weighted by molar-refractivity contribution is 5.97. The summed E-state index contributed by atoms with van der Waals surface area (Å²) in [5.74, 6) is 0.188. The summed E-state index contributed by atoms with van der Waals surface area (Å²) in [6, 6.07) is 21.4. The van der Waals surface area contributed by atoms with Gasteiger partial charge in [-0.3, -0.25) is 4.79 Å². The third-order valence-corrected chi connectivity index (χ3v) is 4.14. The van der Waals surface area contributed by atoms with E-state index in [1.54, 1.807) is 24.3 Å². The Bertz CT molecular complexity index is 1050. The topological polar surface area (TPSA) is 120 Å². The van der Waals surface area contributed by atoms with Crippen LogP contribution in [0.25, 0.3) is 0 Å². The molecule has 0 radical (unpaired) electrons. The summed E-state index contributed by atoms with van der Waals surface area (Å²) in [6.45, 7) is 1.48. The number of carbonyl (C=O) groups is 3. The summed E-state index contributed by atoms with van der Waals surface area (Å²) in [6.07, 6.45) is -1.02. The number of benzene rings is 3. The monoisotopic (exact) mass is 419 g/mol. The molecule has 0 unspecified atom stereocenters. The molecular formula is C23H21N3O5. The Morgan fingerprint density at radius 3 is 1.94 bits per heavy atom. The van der Waals surface area contributed by atoms with Gasteiger partial charge in [-0.05, 0) is 67.6 Å². The van der Waals surface area contributed by atoms with Gasteiger partial charge in [0.15, 0.2) is 6.10 Å². The zero-order valence-corrected chi connectivity index (χ0v) is 16.7. The number of hydrogen-bond acceptors (Lipinski definition) is 5. The van der Waals surface area contributed by atoms with E-state index >= 15 is 0 Å². The van der Waals surface area contributed by atoms with Crippen LogP contribution in [0.1, 0.15) is 17.3 Å². The van der Waals surface area contributed by atoms with Crippen LogP contribution in [-0.2, 0) is 9.53 Å². The summed E-state index contributed by atoms with van der Waals surface area (Å²) in [5.41, 5.74) is 6.24. The highest BCUT2D eigenvalue weighted by atomic mass is 16.5. The molecule has 0 saturated heterocycles. The zero-order valence-electron chi connectivity index (χ0n) is 16.7. The maximum Gasteiger partial charge on any atom is 0.338 e. The molecule has 158 valence electrons. The largest absolute Gasteiger partial charge is 0.457 e. The van der Waals surface area contributed by atoms with Crippen molar-refractivity contribution in [3.8, 4) is 11.5 Å². The number of ether oxygens (including phenoxy) is 2. The lowest BCUT2D eigenvalue weighted by Crippen LogP contribution is -2.30. The van der Waals surface area contributed by atoms with Crippen molar-refractivity contribution >= 4 is 29.3 Å². The van der Waals surface area contributed by atoms with Gasteiger partial charge >= 0.3 is 12.0 Å². The first-order chi connectivity index (χ1) is 14.9. The molecule has 8 heteroatoms. The van der Waals surface area contributed by atoms with Gasteiger partial charge in [-0.25, -0.2) is 9.59 Å². The van der Waals surface area contributed by atoms with Crippen molar-refractivity contribution in [2.45, 2.75) is 13.0 Å². The number of esters is 1. The number of nitrogens with one attached hydrogen (secondary N) is 2. The van der Waals surface area contributed by atoms with Crippen LogP contribution in [0.15, 0.2) is 78.9 Å². The van der Waals surface area contributed by atoms with Gasteiger partial charge in [0.25, 0.3) is 5.91 Å². The second kappa shape index (κ2) is 9.93. The van der Waals surface area contributed by atoms with Crippen molar-refractivity contribution < 1.29 is 23.9 Å². The molecule has 31 heavy (non-hydrogen) atoms. The van der Waals surface area contributed by atoms with Crippen molar-refractivity contribution in [3.05, 3.63) is 84.4 Å². The first-order valence-electron chi connectivity index (χ1n) is 9.42. The standard InChI is InChI=1S/C23H21N3O5/c1-15(30-22(28)16-7-9-18(10-8-16)26-23(24)29)21(27)25-17-11-13-20(14-12-17)31-19-5-3-2-4-6-19/h2-15H,1H3,(H,25,27)(H3,24,26,29)/t15-/m1/s1. The number of urea groups is 1. The molecule has 3 rings (SSSR count). The summed E-state index contributed by atoms with van der Waals surface area (Å²) in [4.78, 5) is 35.4. The van der Waals surface area contributed by atoms with E-state index < -0.39 is 24.0 Å². The summed E-state index contributed by atoms with van der Waals surface area (Å²) in [7, 11) is 0. The molecular weight excluding hydrogens is 398 g/mol. The van der Waals surface area contributed by atoms with Gasteiger partial charge in [-0.2, -0.15) is 0 Å². The highest BCUT2D eigenvalue weighted by Gasteiger charge is 2.19. The molecule has 3 aromatic carbocycles. The molecule has 0 aliphatic rings. The maximum atomic E-state index is 12.3. The first-order valence-corrected chi connectivity index (χ1v) is 9.42. The van der Waals surface area contributed by atoms with Gasteiger partial charge < -0.3 is 25.8 Å². The Hall–Kier alpha value is -4.33. The van der Waals surface area contributed by atoms with Gasteiger partial charge in [0, 0.05) is 11.4 Å². The number of carbonyl (C=O) groups excluding carboxylic acids is 3. The Kier molecular flexibility index (Phi) is 6.85. The van der Waals surface area contributed by atoms with Gasteiger partial charge in [0.2, 0.25) is 0 Å². The van der Waals surface area contributed by atoms with Crippen LogP contribution in [0, 0.1) is 0 Å². The molecule has 0 aliphatic carbocycles. The highest BCUT2D eigenvalue weighted by Crippen LogP contribution is 2.22. The lowest BCUT2D eigenvalue weighted by atomic mass is 10.2. The molecule has 0 aliphatic heterocycles. The summed E-state index contributed by atoms with van der Waals surface area (Å²) >= 11 is 0. The molecule has 0 saturated carbocycles. The smallest absolute Gasteiger partial charge is 0.338 e. The molecule has 3 amide bonds. The zero-order chi connectivity index (χ0) is 22.2. The van der Waals surface area contributed by atoms with E-state index in [1.165, 1.54) is 31.2 Å². The van der Waals surface area contributed by atoms with Crippen LogP contribution in [0.2, 0.25) is 0 Å². The van der Waals surface area contributed by atoms with E-state index in [1.807, 2.05) is 30.3 Å². The molecule has 8 nitrogen and oxygen atoms in total. The lowest BCUT2D eigenvalue weighted by Gasteiger charge is -2.14. The van der Waals surface area contributed by atoms with Crippen molar-refractivity contribution in [1.29, 1.82) is 0 Å². The van der Waals surface area contributed by atoms with Gasteiger partial charge in [0.1, 0.15) is 11.5 Å². The molecule has 0 spiro atoms. The molecule has 0 bridgehead atoms. The number of hydrogen-bond donors (Lipinski definition) is 3. The average molecular weight is 419 g/mol. The normalized spacial score (nSPS) is 11.1. The summed E-state index contributed by atoms with van der Waals surface area (Å²) in [5, 5.41) is 5.08. The summed E-state index contributed by atoms with van der Waals surface area (Å²) < 4.78 is 10.9. The van der Waals surface area contributed by atoms with Crippen molar-refractivity contribution in [2.24, 2.45) is 5.73 Å². The lowest BCUT2D eigenvalue weighted by molar-refractivity contribution is -0.123. The minimum Gasteiger partial charge on any atom is -0.457 e. The predicted molar refractivity (Wildman–Crippen MR) is 116 cm³/mol. The molecule has 0 fully saturated rings. The predicted octanol–water partition coefficient (Wildman–Crippen LogP) is 4.15. The quantitative estimate of drug-likeness (QED) is 0.497. The fourth-order valence-corrected chi connectivity index (χ4v) is 2.59. The number of anilines is 2. The van der Waals surface area contributed by atoms with Crippen LogP contribution < -0.4 is 21.1 Å². The first kappa shape index (κ1) is 21.4. The molecule has 4 N–H and O–H groups in total. The minimum absolute atomic E-state index is 0.233. The Morgan fingerprint density at radius 2 is 1.32 bits per heavy atom. The van der Waals surface area contributed by atoms with Crippen LogP contribution in [0.4, 0.5) is 16.2 Å². The van der Waals surface area contributed by atoms with E-state index in [0.717, 1.165) is 0 Å². The second-order valence-electron chi connectivity index (χ2n) is 6.54. The van der Waals surface area contributed by atoms with Gasteiger partial charge in [0.05, 0.1) is 5.56 Å². The maximum absolute atomic E-state index is 12.3. The average Bonchev–Trinajstić information content (AvgIpc) is 2.76. The van der Waals surface area contributed by atoms with E-state index in [2.05, 4.69) is 10.6 Å². The van der Waals surface area contributed by atoms with Crippen molar-refractivity contribution in [2.75, 3.05) is 10.6 Å². The van der Waals surface area contributed by atoms with Crippen molar-refractivity contribution in [3.63, 3.8) is 0 Å². The number of amides is 3. The van der Waals surface area contributed by atoms with Gasteiger partial charge in [-0.1, -0.05) is 18.2 Å². The number of rotatable bonds is 7. The number of primary amides is 1. The Labute approximate surface area is 179 Å². The van der Waals surface area contributed by atoms with Crippen LogP contribution in [0.3, 0.4) is 0 Å². The van der Waals surface area contributed by atoms with Crippen LogP contribution in [-0.4, -0.2) is 24.0 Å². The third-order valence-electron chi connectivity index (χ3n) is 4.14. The van der Waals surface area contributed by atoms with E-state index in [9.17, 15) is 14.4 Å². The van der Waals surface area contributed by atoms with Crippen LogP contribution >= 0.6 is 0 Å². The fourth-order valence-electron chi connectivity index (χ4n) is 2.59. The van der Waals surface area contributed by atoms with E-state index in [4.69, 9.17) is 15.2 Å². The van der Waals surface area contributed by atoms with Gasteiger partial charge in [-0.15, -0.1) is 0 Å². The van der Waals surface area contributed by atoms with E-state index in [0.29, 0.717) is 22.9 Å². The van der Waals surface area contributed by atoms with Crippen LogP contribution in [0.5, 0.6) is 11.5 Å². The second-order valence-corrected chi connectivity index (χ2v) is 6.54. The Morgan fingerprint density at radius 1 is 0.774 bits per heavy atom. The number of nitrogens with two attached hydrogens (primary N) is 1. The molecule has 1 atom stereocenters. The molecule has 0 aromatic heterocycles. The SMILES string of the molecule is C[C@@H](OC(=O)c1ccc(NC(N)=O)cc1)C(=O)Nc1ccc(Oc2ccccc2)cc1. The third kappa shape index (κ3) is 6.33. The molecule has 3 aromatic rings. The minimum atomic E-state index is -1.02. The van der Waals surface area contributed by atoms with Crippen molar-refractivity contribution in [1.82, 2.24) is 0 Å². The number of para-hydroxylation sites is 1. The van der Waals surface area contributed by atoms with E-state index in [-0.39, 0.29) is 5.56 Å². The Balaban J connectivity index is 1.52.